The molecule has 1 fully saturated rings. The van der Waals surface area contributed by atoms with E-state index in [0.29, 0.717) is 18.8 Å². The van der Waals surface area contributed by atoms with Gasteiger partial charge in [-0.2, -0.15) is 0 Å². The number of benzene rings is 1. The lowest BCUT2D eigenvalue weighted by Crippen LogP contribution is -2.56. The number of halogens is 2. The van der Waals surface area contributed by atoms with Gasteiger partial charge in [-0.25, -0.2) is 9.18 Å². The van der Waals surface area contributed by atoms with Crippen molar-refractivity contribution in [1.82, 2.24) is 5.32 Å². The van der Waals surface area contributed by atoms with Crippen molar-refractivity contribution >= 4 is 23.5 Å². The molecule has 0 spiro atoms. The Labute approximate surface area is 140 Å². The van der Waals surface area contributed by atoms with Crippen molar-refractivity contribution in [3.63, 3.8) is 0 Å². The first-order valence-electron chi connectivity index (χ1n) is 7.85. The number of amides is 1. The topological polar surface area (TPSA) is 66.4 Å². The molecule has 2 N–H and O–H groups in total. The first-order chi connectivity index (χ1) is 10.9. The normalized spacial score (nSPS) is 24.2. The predicted octanol–water partition coefficient (Wildman–Crippen LogP) is 3.56. The zero-order valence-corrected chi connectivity index (χ0v) is 13.8. The molecule has 1 aromatic carbocycles. The van der Waals surface area contributed by atoms with Gasteiger partial charge in [0.05, 0.1) is 6.42 Å². The fourth-order valence-corrected chi connectivity index (χ4v) is 3.37. The van der Waals surface area contributed by atoms with E-state index in [1.807, 2.05) is 0 Å². The zero-order valence-electron chi connectivity index (χ0n) is 13.1. The summed E-state index contributed by atoms with van der Waals surface area (Å²) in [5, 5.41) is 12.3. The van der Waals surface area contributed by atoms with Crippen LogP contribution in [0.15, 0.2) is 18.2 Å². The molecule has 2 rings (SSSR count). The number of carboxylic acid groups (broad SMARTS) is 1. The molecule has 0 aromatic heterocycles. The fourth-order valence-electron chi connectivity index (χ4n) is 3.14. The molecule has 6 heteroatoms. The Bertz CT molecular complexity index is 577. The van der Waals surface area contributed by atoms with Gasteiger partial charge in [0, 0.05) is 10.6 Å². The molecule has 0 saturated heterocycles. The minimum absolute atomic E-state index is 0.0921. The molecule has 0 heterocycles. The fraction of sp³-hybridized carbons (Fsp3) is 0.529. The molecule has 0 bridgehead atoms. The highest BCUT2D eigenvalue weighted by Gasteiger charge is 2.42. The Hall–Kier alpha value is -1.62. The zero-order chi connectivity index (χ0) is 17.0. The second-order valence-corrected chi connectivity index (χ2v) is 6.57. The Morgan fingerprint density at radius 1 is 1.39 bits per heavy atom. The summed E-state index contributed by atoms with van der Waals surface area (Å²) >= 11 is 5.92. The summed E-state index contributed by atoms with van der Waals surface area (Å²) in [7, 11) is 0. The van der Waals surface area contributed by atoms with Crippen LogP contribution >= 0.6 is 11.6 Å². The lowest BCUT2D eigenvalue weighted by atomic mass is 9.75. The van der Waals surface area contributed by atoms with Gasteiger partial charge < -0.3 is 10.4 Å². The molecule has 1 aliphatic carbocycles. The van der Waals surface area contributed by atoms with E-state index in [9.17, 15) is 19.1 Å². The number of hydrogen-bond acceptors (Lipinski definition) is 2. The highest BCUT2D eigenvalue weighted by molar-refractivity contribution is 6.31. The molecule has 1 aliphatic rings. The van der Waals surface area contributed by atoms with Crippen molar-refractivity contribution in [2.24, 2.45) is 5.92 Å². The average molecular weight is 342 g/mol. The monoisotopic (exact) mass is 341 g/mol. The summed E-state index contributed by atoms with van der Waals surface area (Å²) in [6, 6.07) is 4.20. The summed E-state index contributed by atoms with van der Waals surface area (Å²) in [4.78, 5) is 23.9. The van der Waals surface area contributed by atoms with Gasteiger partial charge in [-0.15, -0.1) is 0 Å². The van der Waals surface area contributed by atoms with Gasteiger partial charge >= 0.3 is 5.97 Å². The van der Waals surface area contributed by atoms with Gasteiger partial charge in [0.15, 0.2) is 0 Å². The van der Waals surface area contributed by atoms with Gasteiger partial charge in [-0.3, -0.25) is 4.79 Å². The summed E-state index contributed by atoms with van der Waals surface area (Å²) in [5.41, 5.74) is -1.16. The standard InChI is InChI=1S/C17H21ClFNO3/c1-2-11-6-8-17(9-7-11,16(22)23)20-15(21)10-12-13(18)4-3-5-14(12)19/h3-5,11H,2,6-10H2,1H3,(H,20,21)(H,22,23). The molecule has 0 radical (unpaired) electrons. The second-order valence-electron chi connectivity index (χ2n) is 6.16. The smallest absolute Gasteiger partial charge is 0.329 e. The summed E-state index contributed by atoms with van der Waals surface area (Å²) in [6.45, 7) is 2.08. The Kier molecular flexibility index (Phi) is 5.63. The number of aliphatic carboxylic acids is 1. The highest BCUT2D eigenvalue weighted by atomic mass is 35.5. The van der Waals surface area contributed by atoms with Crippen LogP contribution in [0.5, 0.6) is 0 Å². The van der Waals surface area contributed by atoms with Crippen LogP contribution in [0.25, 0.3) is 0 Å². The van der Waals surface area contributed by atoms with Crippen molar-refractivity contribution in [2.45, 2.75) is 51.0 Å². The minimum Gasteiger partial charge on any atom is -0.480 e. The van der Waals surface area contributed by atoms with Crippen molar-refractivity contribution < 1.29 is 19.1 Å². The quantitative estimate of drug-likeness (QED) is 0.860. The van der Waals surface area contributed by atoms with Crippen molar-refractivity contribution in [1.29, 1.82) is 0 Å². The molecule has 1 saturated carbocycles. The van der Waals surface area contributed by atoms with Crippen molar-refractivity contribution in [2.75, 3.05) is 0 Å². The molecule has 23 heavy (non-hydrogen) atoms. The molecule has 1 aromatic rings. The maximum absolute atomic E-state index is 13.8. The van der Waals surface area contributed by atoms with Crippen LogP contribution in [-0.2, 0) is 16.0 Å². The largest absolute Gasteiger partial charge is 0.480 e. The average Bonchev–Trinajstić information content (AvgIpc) is 2.51. The third-order valence-electron chi connectivity index (χ3n) is 4.72. The van der Waals surface area contributed by atoms with Crippen LogP contribution in [0, 0.1) is 11.7 Å². The van der Waals surface area contributed by atoms with Gasteiger partial charge in [-0.1, -0.05) is 31.0 Å². The van der Waals surface area contributed by atoms with Gasteiger partial charge in [0.1, 0.15) is 11.4 Å². The van der Waals surface area contributed by atoms with E-state index in [1.54, 1.807) is 0 Å². The predicted molar refractivity (Wildman–Crippen MR) is 85.9 cm³/mol. The SMILES string of the molecule is CCC1CCC(NC(=O)Cc2c(F)cccc2Cl)(C(=O)O)CC1. The van der Waals surface area contributed by atoms with Gasteiger partial charge in [-0.05, 0) is 43.7 Å². The number of carbonyl (C=O) groups is 2. The molecule has 0 unspecified atom stereocenters. The van der Waals surface area contributed by atoms with Crippen LogP contribution in [0.1, 0.15) is 44.6 Å². The first-order valence-corrected chi connectivity index (χ1v) is 8.23. The van der Waals surface area contributed by atoms with Crippen LogP contribution < -0.4 is 5.32 Å². The molecule has 0 aliphatic heterocycles. The number of rotatable bonds is 5. The molecule has 0 atom stereocenters. The number of carboxylic acids is 1. The maximum Gasteiger partial charge on any atom is 0.329 e. The Morgan fingerprint density at radius 2 is 2.04 bits per heavy atom. The van der Waals surface area contributed by atoms with E-state index in [2.05, 4.69) is 12.2 Å². The lowest BCUT2D eigenvalue weighted by Gasteiger charge is -2.37. The Balaban J connectivity index is 2.09. The van der Waals surface area contributed by atoms with Gasteiger partial charge in [0.25, 0.3) is 0 Å². The van der Waals surface area contributed by atoms with E-state index in [4.69, 9.17) is 11.6 Å². The lowest BCUT2D eigenvalue weighted by molar-refractivity contribution is -0.149. The van der Waals surface area contributed by atoms with E-state index >= 15 is 0 Å². The summed E-state index contributed by atoms with van der Waals surface area (Å²) in [5.74, 6) is -1.61. The third kappa shape index (κ3) is 4.02. The maximum atomic E-state index is 13.8. The van der Waals surface area contributed by atoms with Crippen molar-refractivity contribution in [3.05, 3.63) is 34.6 Å². The summed E-state index contributed by atoms with van der Waals surface area (Å²) < 4.78 is 13.8. The number of carbonyl (C=O) groups excluding carboxylic acids is 1. The molecular formula is C17H21ClFNO3. The minimum atomic E-state index is -1.25. The van der Waals surface area contributed by atoms with Crippen LogP contribution in [0.2, 0.25) is 5.02 Å². The number of hydrogen-bond donors (Lipinski definition) is 2. The van der Waals surface area contributed by atoms with Gasteiger partial charge in [0.2, 0.25) is 5.91 Å². The molecule has 4 nitrogen and oxygen atoms in total. The van der Waals surface area contributed by atoms with Crippen LogP contribution in [0.4, 0.5) is 4.39 Å². The number of nitrogens with one attached hydrogen (secondary N) is 1. The Morgan fingerprint density at radius 3 is 2.57 bits per heavy atom. The summed E-state index contributed by atoms with van der Waals surface area (Å²) in [6.07, 6.45) is 3.08. The first kappa shape index (κ1) is 17.7. The molecular weight excluding hydrogens is 321 g/mol. The van der Waals surface area contributed by atoms with E-state index in [-0.39, 0.29) is 17.0 Å². The van der Waals surface area contributed by atoms with E-state index in [1.165, 1.54) is 18.2 Å². The highest BCUT2D eigenvalue weighted by Crippen LogP contribution is 2.34. The van der Waals surface area contributed by atoms with Crippen LogP contribution in [0.3, 0.4) is 0 Å². The van der Waals surface area contributed by atoms with E-state index in [0.717, 1.165) is 19.3 Å². The van der Waals surface area contributed by atoms with E-state index < -0.39 is 23.2 Å². The van der Waals surface area contributed by atoms with Crippen molar-refractivity contribution in [3.8, 4) is 0 Å². The van der Waals surface area contributed by atoms with Crippen LogP contribution in [-0.4, -0.2) is 22.5 Å². The molecule has 126 valence electrons. The molecule has 1 amide bonds. The third-order valence-corrected chi connectivity index (χ3v) is 5.08. The second kappa shape index (κ2) is 7.30.